The van der Waals surface area contributed by atoms with Gasteiger partial charge in [-0.15, -0.1) is 0 Å². The minimum atomic E-state index is -0.875. The minimum absolute atomic E-state index is 0.00903. The lowest BCUT2D eigenvalue weighted by atomic mass is 9.78. The van der Waals surface area contributed by atoms with Crippen molar-refractivity contribution in [1.29, 1.82) is 0 Å². The zero-order valence-electron chi connectivity index (χ0n) is 20.4. The predicted molar refractivity (Wildman–Crippen MR) is 117 cm³/mol. The average Bonchev–Trinajstić information content (AvgIpc) is 3.18. The molecule has 3 aliphatic rings. The van der Waals surface area contributed by atoms with E-state index in [0.717, 1.165) is 17.7 Å². The summed E-state index contributed by atoms with van der Waals surface area (Å²) in [5, 5.41) is 0. The van der Waals surface area contributed by atoms with Gasteiger partial charge in [-0.1, -0.05) is 54.9 Å². The van der Waals surface area contributed by atoms with Crippen LogP contribution in [0.15, 0.2) is 0 Å². The van der Waals surface area contributed by atoms with Gasteiger partial charge in [0.1, 0.15) is 6.10 Å². The first-order chi connectivity index (χ1) is 14.6. The first kappa shape index (κ1) is 24.5. The van der Waals surface area contributed by atoms with Crippen LogP contribution < -0.4 is 0 Å². The van der Waals surface area contributed by atoms with E-state index in [1.54, 1.807) is 0 Å². The molecule has 0 bridgehead atoms. The number of carbonyl (C=O) groups excluding carboxylic acids is 2. The van der Waals surface area contributed by atoms with Gasteiger partial charge in [-0.3, -0.25) is 4.79 Å². The first-order valence-electron chi connectivity index (χ1n) is 12.0. The highest BCUT2D eigenvalue weighted by Crippen LogP contribution is 2.40. The van der Waals surface area contributed by atoms with Crippen molar-refractivity contribution in [1.82, 2.24) is 4.90 Å². The van der Waals surface area contributed by atoms with E-state index < -0.39 is 18.3 Å². The summed E-state index contributed by atoms with van der Waals surface area (Å²) in [6.07, 6.45) is 0.0368. The lowest BCUT2D eigenvalue weighted by molar-refractivity contribution is -0.214. The van der Waals surface area contributed by atoms with Gasteiger partial charge in [-0.05, 0) is 36.0 Å². The van der Waals surface area contributed by atoms with Crippen LogP contribution in [-0.4, -0.2) is 67.2 Å². The fraction of sp³-hybridized carbons (Fsp3) is 0.917. The summed E-state index contributed by atoms with van der Waals surface area (Å²) in [6.45, 7) is 15.8. The van der Waals surface area contributed by atoms with Crippen molar-refractivity contribution in [2.24, 2.45) is 29.6 Å². The summed E-state index contributed by atoms with van der Waals surface area (Å²) >= 11 is 0. The Bertz CT molecular complexity index is 654. The monoisotopic (exact) mass is 439 g/mol. The molecule has 178 valence electrons. The summed E-state index contributed by atoms with van der Waals surface area (Å²) in [4.78, 5) is 25.3. The molecule has 0 spiro atoms. The number of hydrogen-bond donors (Lipinski definition) is 0. The van der Waals surface area contributed by atoms with Crippen LogP contribution in [0.4, 0.5) is 4.79 Å². The van der Waals surface area contributed by atoms with E-state index in [1.807, 2.05) is 6.92 Å². The van der Waals surface area contributed by atoms with Gasteiger partial charge in [0, 0.05) is 7.05 Å². The van der Waals surface area contributed by atoms with Crippen LogP contribution in [0, 0.1) is 29.6 Å². The van der Waals surface area contributed by atoms with E-state index in [-0.39, 0.29) is 42.2 Å². The van der Waals surface area contributed by atoms with Gasteiger partial charge in [0.2, 0.25) is 6.10 Å². The van der Waals surface area contributed by atoms with Crippen LogP contribution in [0.1, 0.15) is 61.3 Å². The Labute approximate surface area is 187 Å². The standard InChI is InChI=1S/C24H41NO6/c1-9-12(3)19-14(5)13(4)18(30-19)11-28-20-15(6)16(7)21(29-17(20)10-2)22-23(26)25(8)24(27)31-22/h12-22H,9-11H2,1-8H3. The zero-order valence-corrected chi connectivity index (χ0v) is 20.4. The second kappa shape index (κ2) is 9.75. The Morgan fingerprint density at radius 2 is 1.65 bits per heavy atom. The first-order valence-corrected chi connectivity index (χ1v) is 12.0. The van der Waals surface area contributed by atoms with Gasteiger partial charge in [-0.25, -0.2) is 9.69 Å². The Morgan fingerprint density at radius 3 is 2.19 bits per heavy atom. The maximum absolute atomic E-state index is 12.5. The largest absolute Gasteiger partial charge is 0.433 e. The number of imide groups is 1. The van der Waals surface area contributed by atoms with Crippen LogP contribution in [0.2, 0.25) is 0 Å². The van der Waals surface area contributed by atoms with Crippen molar-refractivity contribution in [2.45, 2.75) is 97.9 Å². The van der Waals surface area contributed by atoms with E-state index in [2.05, 4.69) is 41.5 Å². The number of ether oxygens (including phenoxy) is 4. The number of nitrogens with zero attached hydrogens (tertiary/aromatic N) is 1. The van der Waals surface area contributed by atoms with Gasteiger partial charge in [0.25, 0.3) is 5.91 Å². The van der Waals surface area contributed by atoms with E-state index in [1.165, 1.54) is 7.05 Å². The highest BCUT2D eigenvalue weighted by atomic mass is 16.6. The average molecular weight is 440 g/mol. The molecule has 0 aromatic heterocycles. The van der Waals surface area contributed by atoms with Gasteiger partial charge in [-0.2, -0.15) is 0 Å². The molecule has 0 N–H and O–H groups in total. The van der Waals surface area contributed by atoms with E-state index in [0.29, 0.717) is 24.4 Å². The van der Waals surface area contributed by atoms with Gasteiger partial charge >= 0.3 is 6.09 Å². The van der Waals surface area contributed by atoms with E-state index in [4.69, 9.17) is 18.9 Å². The molecular weight excluding hydrogens is 398 g/mol. The third kappa shape index (κ3) is 4.51. The van der Waals surface area contributed by atoms with Crippen LogP contribution in [-0.2, 0) is 23.7 Å². The summed E-state index contributed by atoms with van der Waals surface area (Å²) in [7, 11) is 1.45. The molecule has 31 heavy (non-hydrogen) atoms. The van der Waals surface area contributed by atoms with Crippen molar-refractivity contribution in [3.05, 3.63) is 0 Å². The third-order valence-electron chi connectivity index (χ3n) is 8.26. The zero-order chi connectivity index (χ0) is 23.0. The Balaban J connectivity index is 1.65. The normalized spacial score (nSPS) is 44.6. The second-order valence-electron chi connectivity index (χ2n) is 10.0. The SMILES string of the molecule is CCC(C)C1OC(COC2C(CC)OC(C3OC(=O)N(C)C3=O)C(C)C2C)C(C)C1C. The highest BCUT2D eigenvalue weighted by molar-refractivity contribution is 6.00. The molecule has 0 aromatic carbocycles. The number of hydrogen-bond acceptors (Lipinski definition) is 6. The smallest absolute Gasteiger partial charge is 0.417 e. The summed E-state index contributed by atoms with van der Waals surface area (Å²) < 4.78 is 24.6. The highest BCUT2D eigenvalue weighted by Gasteiger charge is 2.52. The van der Waals surface area contributed by atoms with Crippen molar-refractivity contribution in [3.63, 3.8) is 0 Å². The van der Waals surface area contributed by atoms with Crippen LogP contribution in [0.25, 0.3) is 0 Å². The van der Waals surface area contributed by atoms with Crippen molar-refractivity contribution in [3.8, 4) is 0 Å². The van der Waals surface area contributed by atoms with Crippen molar-refractivity contribution < 1.29 is 28.5 Å². The molecule has 11 unspecified atom stereocenters. The molecule has 7 heteroatoms. The maximum Gasteiger partial charge on any atom is 0.417 e. The number of amides is 2. The fourth-order valence-corrected chi connectivity index (χ4v) is 5.37. The molecule has 2 amide bonds. The maximum atomic E-state index is 12.5. The van der Waals surface area contributed by atoms with Gasteiger partial charge in [0.05, 0.1) is 31.0 Å². The molecule has 3 saturated heterocycles. The summed E-state index contributed by atoms with van der Waals surface area (Å²) in [5.74, 6) is 1.31. The lowest BCUT2D eigenvalue weighted by Crippen LogP contribution is -2.55. The topological polar surface area (TPSA) is 74.3 Å². The number of carbonyl (C=O) groups is 2. The minimum Gasteiger partial charge on any atom is -0.433 e. The molecule has 7 nitrogen and oxygen atoms in total. The van der Waals surface area contributed by atoms with Gasteiger partial charge < -0.3 is 18.9 Å². The molecule has 0 saturated carbocycles. The summed E-state index contributed by atoms with van der Waals surface area (Å²) in [5.41, 5.74) is 0. The Hall–Kier alpha value is -1.18. The predicted octanol–water partition coefficient (Wildman–Crippen LogP) is 3.88. The van der Waals surface area contributed by atoms with E-state index in [9.17, 15) is 9.59 Å². The molecule has 3 aliphatic heterocycles. The number of cyclic esters (lactones) is 1. The quantitative estimate of drug-likeness (QED) is 0.599. The lowest BCUT2D eigenvalue weighted by Gasteiger charge is -2.45. The Kier molecular flexibility index (Phi) is 7.70. The number of likely N-dealkylation sites (N-methyl/N-ethyl adjacent to an activating group) is 1. The molecule has 0 aliphatic carbocycles. The fourth-order valence-electron chi connectivity index (χ4n) is 5.37. The van der Waals surface area contributed by atoms with Crippen LogP contribution in [0.3, 0.4) is 0 Å². The number of rotatable bonds is 7. The molecule has 0 aromatic rings. The second-order valence-corrected chi connectivity index (χ2v) is 10.0. The van der Waals surface area contributed by atoms with Crippen molar-refractivity contribution >= 4 is 12.0 Å². The molecule has 3 fully saturated rings. The van der Waals surface area contributed by atoms with E-state index >= 15 is 0 Å². The molecule has 0 radical (unpaired) electrons. The van der Waals surface area contributed by atoms with Crippen LogP contribution >= 0.6 is 0 Å². The van der Waals surface area contributed by atoms with Gasteiger partial charge in [0.15, 0.2) is 0 Å². The molecule has 3 heterocycles. The Morgan fingerprint density at radius 1 is 0.968 bits per heavy atom. The molecule has 11 atom stereocenters. The molecular formula is C24H41NO6. The molecule has 3 rings (SSSR count). The van der Waals surface area contributed by atoms with Crippen LogP contribution in [0.5, 0.6) is 0 Å². The third-order valence-corrected chi connectivity index (χ3v) is 8.26. The summed E-state index contributed by atoms with van der Waals surface area (Å²) in [6, 6.07) is 0. The van der Waals surface area contributed by atoms with Crippen molar-refractivity contribution in [2.75, 3.05) is 13.7 Å².